The lowest BCUT2D eigenvalue weighted by molar-refractivity contribution is -0.383. The maximum Gasteiger partial charge on any atom is 0.292 e. The van der Waals surface area contributed by atoms with Gasteiger partial charge in [-0.25, -0.2) is 0 Å². The molecule has 0 atom stereocenters. The standard InChI is InChI=1S/C18H19ClN4O5/c1-22(10-17(24)20-13-5-3-4-6-15(13)23(26)27)11-18(25)21-14-9-12(19)7-8-16(14)28-2/h3-9H,10-11H2,1-2H3,(H,20,24)(H,21,25). The Morgan fingerprint density at radius 1 is 1.11 bits per heavy atom. The molecule has 0 aliphatic carbocycles. The predicted octanol–water partition coefficient (Wildman–Crippen LogP) is 2.77. The molecule has 2 rings (SSSR count). The van der Waals surface area contributed by atoms with Crippen LogP contribution in [0.4, 0.5) is 17.1 Å². The Kier molecular flexibility index (Phi) is 7.30. The highest BCUT2D eigenvalue weighted by Crippen LogP contribution is 2.27. The van der Waals surface area contributed by atoms with Crippen molar-refractivity contribution in [2.75, 3.05) is 37.9 Å². The molecule has 0 aromatic heterocycles. The zero-order valence-electron chi connectivity index (χ0n) is 15.3. The number of nitrogens with one attached hydrogen (secondary N) is 2. The molecule has 9 nitrogen and oxygen atoms in total. The van der Waals surface area contributed by atoms with Gasteiger partial charge in [0.1, 0.15) is 11.4 Å². The molecule has 2 amide bonds. The molecule has 28 heavy (non-hydrogen) atoms. The van der Waals surface area contributed by atoms with Crippen molar-refractivity contribution >= 4 is 40.5 Å². The second-order valence-electron chi connectivity index (χ2n) is 5.89. The van der Waals surface area contributed by atoms with Crippen molar-refractivity contribution in [2.24, 2.45) is 0 Å². The second kappa shape index (κ2) is 9.67. The van der Waals surface area contributed by atoms with Gasteiger partial charge in [0, 0.05) is 11.1 Å². The summed E-state index contributed by atoms with van der Waals surface area (Å²) in [4.78, 5) is 36.2. The summed E-state index contributed by atoms with van der Waals surface area (Å²) in [6.07, 6.45) is 0. The van der Waals surface area contributed by atoms with Gasteiger partial charge < -0.3 is 15.4 Å². The lowest BCUT2D eigenvalue weighted by atomic mass is 10.2. The molecule has 0 saturated carbocycles. The first-order valence-corrected chi connectivity index (χ1v) is 8.53. The molecule has 148 valence electrons. The number of hydrogen-bond donors (Lipinski definition) is 2. The van der Waals surface area contributed by atoms with Gasteiger partial charge in [-0.05, 0) is 31.3 Å². The summed E-state index contributed by atoms with van der Waals surface area (Å²) in [5.41, 5.74) is 0.307. The largest absolute Gasteiger partial charge is 0.495 e. The van der Waals surface area contributed by atoms with Crippen LogP contribution in [-0.4, -0.2) is 48.9 Å². The molecule has 2 N–H and O–H groups in total. The summed E-state index contributed by atoms with van der Waals surface area (Å²) in [5, 5.41) is 16.6. The van der Waals surface area contributed by atoms with Gasteiger partial charge >= 0.3 is 0 Å². The summed E-state index contributed by atoms with van der Waals surface area (Å²) in [5.74, 6) is -0.402. The van der Waals surface area contributed by atoms with Crippen LogP contribution in [0, 0.1) is 10.1 Å². The third-order valence-electron chi connectivity index (χ3n) is 3.64. The van der Waals surface area contributed by atoms with Crippen LogP contribution in [0.1, 0.15) is 0 Å². The van der Waals surface area contributed by atoms with Gasteiger partial charge in [-0.15, -0.1) is 0 Å². The van der Waals surface area contributed by atoms with Crippen molar-refractivity contribution in [1.82, 2.24) is 4.90 Å². The molecule has 0 heterocycles. The number of hydrogen-bond acceptors (Lipinski definition) is 6. The van der Waals surface area contributed by atoms with Gasteiger partial charge in [0.15, 0.2) is 0 Å². The second-order valence-corrected chi connectivity index (χ2v) is 6.32. The predicted molar refractivity (Wildman–Crippen MR) is 106 cm³/mol. The van der Waals surface area contributed by atoms with E-state index in [9.17, 15) is 19.7 Å². The lowest BCUT2D eigenvalue weighted by Gasteiger charge is -2.17. The van der Waals surface area contributed by atoms with Crippen LogP contribution in [0.3, 0.4) is 0 Å². The molecule has 0 aliphatic heterocycles. The van der Waals surface area contributed by atoms with Crippen LogP contribution in [0.2, 0.25) is 5.02 Å². The average molecular weight is 407 g/mol. The first-order valence-electron chi connectivity index (χ1n) is 8.15. The Hall–Kier alpha value is -3.17. The summed E-state index contributed by atoms with van der Waals surface area (Å²) < 4.78 is 5.16. The Morgan fingerprint density at radius 2 is 1.71 bits per heavy atom. The van der Waals surface area contributed by atoms with Crippen molar-refractivity contribution in [3.63, 3.8) is 0 Å². The summed E-state index contributed by atoms with van der Waals surface area (Å²) in [7, 11) is 3.05. The molecular formula is C18H19ClN4O5. The van der Waals surface area contributed by atoms with Gasteiger partial charge in [-0.2, -0.15) is 0 Å². The first kappa shape index (κ1) is 21.1. The van der Waals surface area contributed by atoms with Crippen LogP contribution < -0.4 is 15.4 Å². The maximum atomic E-state index is 12.2. The number of anilines is 2. The Balaban J connectivity index is 1.92. The summed E-state index contributed by atoms with van der Waals surface area (Å²) in [6.45, 7) is -0.216. The number of amides is 2. The van der Waals surface area contributed by atoms with Crippen molar-refractivity contribution in [2.45, 2.75) is 0 Å². The van der Waals surface area contributed by atoms with E-state index < -0.39 is 10.8 Å². The summed E-state index contributed by atoms with van der Waals surface area (Å²) in [6, 6.07) is 10.6. The number of nitrogens with zero attached hydrogens (tertiary/aromatic N) is 2. The SMILES string of the molecule is COc1ccc(Cl)cc1NC(=O)CN(C)CC(=O)Nc1ccccc1[N+](=O)[O-]. The Morgan fingerprint density at radius 3 is 2.32 bits per heavy atom. The average Bonchev–Trinajstić information content (AvgIpc) is 2.61. The van der Waals surface area contributed by atoms with Gasteiger partial charge in [0.05, 0.1) is 30.8 Å². The van der Waals surface area contributed by atoms with Crippen molar-refractivity contribution in [3.8, 4) is 5.75 Å². The topological polar surface area (TPSA) is 114 Å². The number of carbonyl (C=O) groups excluding carboxylic acids is 2. The molecule has 0 radical (unpaired) electrons. The van der Waals surface area contributed by atoms with E-state index in [1.54, 1.807) is 31.3 Å². The molecule has 0 saturated heterocycles. The Labute approximate surface area is 166 Å². The minimum Gasteiger partial charge on any atom is -0.495 e. The van der Waals surface area contributed by atoms with Gasteiger partial charge in [0.2, 0.25) is 11.8 Å². The molecular weight excluding hydrogens is 388 g/mol. The minimum absolute atomic E-state index is 0.0834. The highest BCUT2D eigenvalue weighted by atomic mass is 35.5. The van der Waals surface area contributed by atoms with Crippen LogP contribution in [-0.2, 0) is 9.59 Å². The van der Waals surface area contributed by atoms with E-state index in [0.717, 1.165) is 0 Å². The number of likely N-dealkylation sites (N-methyl/N-ethyl adjacent to an activating group) is 1. The number of methoxy groups -OCH3 is 1. The molecule has 0 aliphatic rings. The number of nitro benzene ring substituents is 1. The number of benzene rings is 2. The fraction of sp³-hybridized carbons (Fsp3) is 0.222. The zero-order chi connectivity index (χ0) is 20.7. The number of nitro groups is 1. The van der Waals surface area contributed by atoms with Gasteiger partial charge in [-0.1, -0.05) is 23.7 Å². The van der Waals surface area contributed by atoms with Crippen LogP contribution in [0.15, 0.2) is 42.5 Å². The number of para-hydroxylation sites is 2. The number of rotatable bonds is 8. The van der Waals surface area contributed by atoms with E-state index in [1.807, 2.05) is 0 Å². The molecule has 0 bridgehead atoms. The molecule has 0 fully saturated rings. The molecule has 2 aromatic rings. The highest BCUT2D eigenvalue weighted by molar-refractivity contribution is 6.31. The quantitative estimate of drug-likeness (QED) is 0.514. The van der Waals surface area contributed by atoms with Gasteiger partial charge in [-0.3, -0.25) is 24.6 Å². The van der Waals surface area contributed by atoms with Crippen LogP contribution in [0.5, 0.6) is 5.75 Å². The third kappa shape index (κ3) is 5.93. The van der Waals surface area contributed by atoms with Crippen molar-refractivity contribution in [1.29, 1.82) is 0 Å². The van der Waals surface area contributed by atoms with E-state index in [0.29, 0.717) is 16.5 Å². The van der Waals surface area contributed by atoms with Crippen molar-refractivity contribution < 1.29 is 19.2 Å². The molecule has 10 heteroatoms. The number of halogens is 1. The number of ether oxygens (including phenoxy) is 1. The number of carbonyl (C=O) groups is 2. The monoisotopic (exact) mass is 406 g/mol. The molecule has 0 spiro atoms. The van der Waals surface area contributed by atoms with E-state index >= 15 is 0 Å². The lowest BCUT2D eigenvalue weighted by Crippen LogP contribution is -2.36. The fourth-order valence-electron chi connectivity index (χ4n) is 2.44. The zero-order valence-corrected chi connectivity index (χ0v) is 16.0. The van der Waals surface area contributed by atoms with Crippen LogP contribution in [0.25, 0.3) is 0 Å². The summed E-state index contributed by atoms with van der Waals surface area (Å²) >= 11 is 5.93. The smallest absolute Gasteiger partial charge is 0.292 e. The first-order chi connectivity index (χ1) is 13.3. The van der Waals surface area contributed by atoms with E-state index in [2.05, 4.69) is 10.6 Å². The fourth-order valence-corrected chi connectivity index (χ4v) is 2.61. The minimum atomic E-state index is -0.578. The Bertz CT molecular complexity index is 890. The maximum absolute atomic E-state index is 12.2. The van der Waals surface area contributed by atoms with Gasteiger partial charge in [0.25, 0.3) is 5.69 Å². The van der Waals surface area contributed by atoms with Crippen molar-refractivity contribution in [3.05, 3.63) is 57.6 Å². The van der Waals surface area contributed by atoms with E-state index in [-0.39, 0.29) is 30.4 Å². The van der Waals surface area contributed by atoms with E-state index in [1.165, 1.54) is 30.2 Å². The molecule has 0 unspecified atom stereocenters. The third-order valence-corrected chi connectivity index (χ3v) is 3.87. The van der Waals surface area contributed by atoms with E-state index in [4.69, 9.17) is 16.3 Å². The highest BCUT2D eigenvalue weighted by Gasteiger charge is 2.17. The molecule has 2 aromatic carbocycles. The van der Waals surface area contributed by atoms with Crippen LogP contribution >= 0.6 is 11.6 Å². The normalized spacial score (nSPS) is 10.4.